The monoisotopic (exact) mass is 553 g/mol. The number of para-hydroxylation sites is 1. The third-order valence-corrected chi connectivity index (χ3v) is 7.68. The molecule has 2 aliphatic heterocycles. The van der Waals surface area contributed by atoms with E-state index in [9.17, 15) is 28.0 Å². The van der Waals surface area contributed by atoms with Crippen LogP contribution in [-0.2, 0) is 24.5 Å². The molecule has 3 aromatic rings. The summed E-state index contributed by atoms with van der Waals surface area (Å²) >= 11 is 0. The van der Waals surface area contributed by atoms with E-state index in [-0.39, 0.29) is 42.1 Å². The van der Waals surface area contributed by atoms with E-state index in [0.717, 1.165) is 11.0 Å². The number of nitrogens with zero attached hydrogens (tertiary/aromatic N) is 2. The Morgan fingerprint density at radius 3 is 2.70 bits per heavy atom. The van der Waals surface area contributed by atoms with Crippen molar-refractivity contribution >= 4 is 40.2 Å². The van der Waals surface area contributed by atoms with Crippen molar-refractivity contribution in [1.82, 2.24) is 14.8 Å². The summed E-state index contributed by atoms with van der Waals surface area (Å²) in [5, 5.41) is 2.84. The summed E-state index contributed by atoms with van der Waals surface area (Å²) in [5.74, 6) is -4.07. The molecular formula is C28H29F2N5O5. The molecule has 1 spiro atoms. The van der Waals surface area contributed by atoms with Crippen molar-refractivity contribution in [3.63, 3.8) is 0 Å². The summed E-state index contributed by atoms with van der Waals surface area (Å²) < 4.78 is 33.6. The third kappa shape index (κ3) is 4.47. The van der Waals surface area contributed by atoms with Crippen LogP contribution in [0.2, 0.25) is 0 Å². The van der Waals surface area contributed by atoms with Crippen LogP contribution < -0.4 is 11.1 Å². The topological polar surface area (TPSA) is 138 Å². The predicted molar refractivity (Wildman–Crippen MR) is 141 cm³/mol. The van der Waals surface area contributed by atoms with E-state index in [0.29, 0.717) is 30.3 Å². The Balaban J connectivity index is 1.47. The average Bonchev–Trinajstić information content (AvgIpc) is 3.61. The van der Waals surface area contributed by atoms with Gasteiger partial charge in [-0.05, 0) is 36.6 Å². The molecule has 0 bridgehead atoms. The second-order valence-corrected chi connectivity index (χ2v) is 10.2. The Morgan fingerprint density at radius 1 is 1.23 bits per heavy atom. The van der Waals surface area contributed by atoms with E-state index < -0.39 is 46.9 Å². The molecule has 210 valence electrons. The fourth-order valence-corrected chi connectivity index (χ4v) is 5.61. The number of benzene rings is 2. The van der Waals surface area contributed by atoms with E-state index in [1.54, 1.807) is 24.3 Å². The van der Waals surface area contributed by atoms with Gasteiger partial charge in [0.15, 0.2) is 0 Å². The lowest BCUT2D eigenvalue weighted by molar-refractivity contribution is -0.142. The minimum absolute atomic E-state index is 0.00994. The fourth-order valence-electron chi connectivity index (χ4n) is 5.61. The van der Waals surface area contributed by atoms with Crippen LogP contribution >= 0.6 is 0 Å². The van der Waals surface area contributed by atoms with E-state index in [4.69, 9.17) is 10.5 Å². The van der Waals surface area contributed by atoms with Crippen molar-refractivity contribution in [3.8, 4) is 0 Å². The number of H-pyrrole nitrogens is 1. The van der Waals surface area contributed by atoms with Crippen LogP contribution in [0.15, 0.2) is 42.5 Å². The van der Waals surface area contributed by atoms with Gasteiger partial charge in [-0.15, -0.1) is 0 Å². The van der Waals surface area contributed by atoms with Gasteiger partial charge in [0.05, 0.1) is 17.5 Å². The Labute approximate surface area is 228 Å². The SMILES string of the molecule is CCCOC[C@@H](C(=O)N1C[C@]2(C[C@H]1C(N)=O)C(=O)Nc1ccccc12)N(C)C(=O)c1cc2c(F)cc(F)cc2[nH]1. The number of rotatable bonds is 8. The molecule has 0 unspecified atom stereocenters. The second kappa shape index (κ2) is 10.3. The Morgan fingerprint density at radius 2 is 1.98 bits per heavy atom. The molecule has 0 saturated carbocycles. The molecule has 0 radical (unpaired) electrons. The maximum absolute atomic E-state index is 14.3. The second-order valence-electron chi connectivity index (χ2n) is 10.2. The number of likely N-dealkylation sites (N-methyl/N-ethyl adjacent to an activating group) is 1. The van der Waals surface area contributed by atoms with Gasteiger partial charge in [0.2, 0.25) is 17.7 Å². The molecule has 1 fully saturated rings. The summed E-state index contributed by atoms with van der Waals surface area (Å²) in [6.45, 7) is 1.87. The van der Waals surface area contributed by atoms with E-state index in [2.05, 4.69) is 10.3 Å². The molecule has 0 aliphatic carbocycles. The molecule has 1 saturated heterocycles. The number of halogens is 2. The van der Waals surface area contributed by atoms with Crippen molar-refractivity contribution in [2.24, 2.45) is 5.73 Å². The number of likely N-dealkylation sites (tertiary alicyclic amines) is 1. The number of ether oxygens (including phenoxy) is 1. The van der Waals surface area contributed by atoms with Gasteiger partial charge in [0, 0.05) is 37.3 Å². The third-order valence-electron chi connectivity index (χ3n) is 7.68. The van der Waals surface area contributed by atoms with Gasteiger partial charge in [0.1, 0.15) is 29.4 Å². The molecule has 1 aromatic heterocycles. The molecule has 2 aromatic carbocycles. The van der Waals surface area contributed by atoms with Crippen molar-refractivity contribution in [2.45, 2.75) is 37.3 Å². The Bertz CT molecular complexity index is 1520. The number of aromatic amines is 1. The molecule has 12 heteroatoms. The zero-order chi connectivity index (χ0) is 28.8. The maximum Gasteiger partial charge on any atom is 0.270 e. The van der Waals surface area contributed by atoms with Gasteiger partial charge in [-0.3, -0.25) is 19.2 Å². The van der Waals surface area contributed by atoms with Gasteiger partial charge in [-0.1, -0.05) is 25.1 Å². The van der Waals surface area contributed by atoms with Crippen LogP contribution in [0.1, 0.15) is 35.8 Å². The largest absolute Gasteiger partial charge is 0.379 e. The summed E-state index contributed by atoms with van der Waals surface area (Å²) in [4.78, 5) is 58.4. The first-order chi connectivity index (χ1) is 19.1. The number of nitrogens with one attached hydrogen (secondary N) is 2. The molecule has 3 atom stereocenters. The zero-order valence-electron chi connectivity index (χ0n) is 22.0. The first-order valence-corrected chi connectivity index (χ1v) is 12.9. The number of nitrogens with two attached hydrogens (primary N) is 1. The summed E-state index contributed by atoms with van der Waals surface area (Å²) in [6.07, 6.45) is 0.642. The standard InChI is InChI=1S/C28H29F2N5O5/c1-3-8-40-13-23(34(2)25(37)21-11-16-18(30)9-15(29)10-20(16)32-21)26(38)35-14-28(12-22(35)24(31)36)17-6-4-5-7-19(17)33-27(28)39/h4-7,9-11,22-23,32H,3,8,12-14H2,1-2H3,(H2,31,36)(H,33,39)/t22-,23-,28-/m0/s1. The van der Waals surface area contributed by atoms with Gasteiger partial charge in [0.25, 0.3) is 5.91 Å². The minimum atomic E-state index is -1.20. The molecular weight excluding hydrogens is 524 g/mol. The Hall–Kier alpha value is -4.32. The van der Waals surface area contributed by atoms with Crippen molar-refractivity contribution in [3.05, 3.63) is 65.4 Å². The molecule has 2 aliphatic rings. The Kier molecular flexibility index (Phi) is 7.05. The maximum atomic E-state index is 14.3. The lowest BCUT2D eigenvalue weighted by Gasteiger charge is -2.32. The van der Waals surface area contributed by atoms with Crippen LogP contribution in [0.3, 0.4) is 0 Å². The van der Waals surface area contributed by atoms with Crippen LogP contribution in [0, 0.1) is 11.6 Å². The highest BCUT2D eigenvalue weighted by Gasteiger charge is 2.57. The number of fused-ring (bicyclic) bond motifs is 3. The number of hydrogen-bond acceptors (Lipinski definition) is 5. The number of anilines is 1. The van der Waals surface area contributed by atoms with Gasteiger partial charge >= 0.3 is 0 Å². The molecule has 10 nitrogen and oxygen atoms in total. The van der Waals surface area contributed by atoms with Crippen molar-refractivity contribution < 1.29 is 32.7 Å². The molecule has 40 heavy (non-hydrogen) atoms. The average molecular weight is 554 g/mol. The summed E-state index contributed by atoms with van der Waals surface area (Å²) in [6, 6.07) is 7.77. The first-order valence-electron chi connectivity index (χ1n) is 12.9. The van der Waals surface area contributed by atoms with E-state index in [1.807, 2.05) is 6.92 Å². The van der Waals surface area contributed by atoms with E-state index >= 15 is 0 Å². The first kappa shape index (κ1) is 27.3. The number of amides is 4. The molecule has 3 heterocycles. The lowest BCUT2D eigenvalue weighted by atomic mass is 9.79. The smallest absolute Gasteiger partial charge is 0.270 e. The number of carbonyl (C=O) groups is 4. The number of aromatic nitrogens is 1. The highest BCUT2D eigenvalue weighted by Crippen LogP contribution is 2.46. The van der Waals surface area contributed by atoms with E-state index in [1.165, 1.54) is 18.0 Å². The lowest BCUT2D eigenvalue weighted by Crippen LogP contribution is -2.55. The predicted octanol–water partition coefficient (Wildman–Crippen LogP) is 2.29. The molecule has 4 amide bonds. The summed E-state index contributed by atoms with van der Waals surface area (Å²) in [5.41, 5.74) is 5.82. The quantitative estimate of drug-likeness (QED) is 0.368. The van der Waals surface area contributed by atoms with Crippen molar-refractivity contribution in [1.29, 1.82) is 0 Å². The number of primary amides is 1. The van der Waals surface area contributed by atoms with Gasteiger partial charge in [-0.25, -0.2) is 8.78 Å². The minimum Gasteiger partial charge on any atom is -0.379 e. The summed E-state index contributed by atoms with van der Waals surface area (Å²) in [7, 11) is 1.38. The van der Waals surface area contributed by atoms with Crippen LogP contribution in [0.5, 0.6) is 0 Å². The van der Waals surface area contributed by atoms with Gasteiger partial charge < -0.3 is 30.6 Å². The number of hydrogen-bond donors (Lipinski definition) is 3. The highest BCUT2D eigenvalue weighted by molar-refractivity contribution is 6.08. The van der Waals surface area contributed by atoms with Crippen LogP contribution in [-0.4, -0.2) is 77.3 Å². The van der Waals surface area contributed by atoms with Crippen molar-refractivity contribution in [2.75, 3.05) is 32.1 Å². The van der Waals surface area contributed by atoms with Crippen LogP contribution in [0.25, 0.3) is 10.9 Å². The fraction of sp³-hybridized carbons (Fsp3) is 0.357. The van der Waals surface area contributed by atoms with Crippen LogP contribution in [0.4, 0.5) is 14.5 Å². The molecule has 5 rings (SSSR count). The molecule has 4 N–H and O–H groups in total. The highest BCUT2D eigenvalue weighted by atomic mass is 19.1. The van der Waals surface area contributed by atoms with Gasteiger partial charge in [-0.2, -0.15) is 0 Å². The normalized spacial score (nSPS) is 20.6. The zero-order valence-corrected chi connectivity index (χ0v) is 22.0. The number of carbonyl (C=O) groups excluding carboxylic acids is 4.